The standard InChI is InChI=1S/C28H27NO6/c1-20-8-6-7-11-24(20)33-16-14-32-15-17-34-25-13-12-21(19-26(25)31-2)18-23-28(30)35-27(29-23)22-9-4-3-5-10-22/h3-13,18-19H,14-17H2,1-2H3. The minimum Gasteiger partial charge on any atom is -0.493 e. The molecule has 0 N–H and O–H groups in total. The fourth-order valence-corrected chi connectivity index (χ4v) is 3.41. The number of para-hydroxylation sites is 1. The maximum atomic E-state index is 12.2. The second-order valence-corrected chi connectivity index (χ2v) is 7.69. The zero-order valence-electron chi connectivity index (χ0n) is 19.7. The van der Waals surface area contributed by atoms with E-state index in [0.29, 0.717) is 37.9 Å². The molecule has 35 heavy (non-hydrogen) atoms. The van der Waals surface area contributed by atoms with Crippen LogP contribution in [0.2, 0.25) is 0 Å². The summed E-state index contributed by atoms with van der Waals surface area (Å²) in [6.07, 6.45) is 1.65. The summed E-state index contributed by atoms with van der Waals surface area (Å²) in [6.45, 7) is 3.71. The summed E-state index contributed by atoms with van der Waals surface area (Å²) in [4.78, 5) is 16.6. The second-order valence-electron chi connectivity index (χ2n) is 7.69. The van der Waals surface area contributed by atoms with Crippen LogP contribution < -0.4 is 14.2 Å². The molecule has 0 unspecified atom stereocenters. The van der Waals surface area contributed by atoms with E-state index in [-0.39, 0.29) is 11.6 Å². The number of nitrogens with zero attached hydrogens (tertiary/aromatic N) is 1. The number of benzene rings is 3. The highest BCUT2D eigenvalue weighted by Gasteiger charge is 2.24. The van der Waals surface area contributed by atoms with Crippen molar-refractivity contribution in [2.75, 3.05) is 33.5 Å². The number of hydrogen-bond acceptors (Lipinski definition) is 7. The van der Waals surface area contributed by atoms with Crippen LogP contribution in [0.1, 0.15) is 16.7 Å². The van der Waals surface area contributed by atoms with Crippen LogP contribution in [0.3, 0.4) is 0 Å². The highest BCUT2D eigenvalue weighted by Crippen LogP contribution is 2.30. The van der Waals surface area contributed by atoms with Crippen LogP contribution in [-0.2, 0) is 14.3 Å². The van der Waals surface area contributed by atoms with Crippen LogP contribution in [0.4, 0.5) is 0 Å². The summed E-state index contributed by atoms with van der Waals surface area (Å²) in [5, 5.41) is 0. The predicted molar refractivity (Wildman–Crippen MR) is 133 cm³/mol. The van der Waals surface area contributed by atoms with Gasteiger partial charge in [-0.3, -0.25) is 0 Å². The molecule has 0 bridgehead atoms. The largest absolute Gasteiger partial charge is 0.493 e. The van der Waals surface area contributed by atoms with Crippen molar-refractivity contribution in [1.29, 1.82) is 0 Å². The molecule has 0 saturated carbocycles. The number of hydrogen-bond donors (Lipinski definition) is 0. The van der Waals surface area contributed by atoms with Crippen molar-refractivity contribution in [1.82, 2.24) is 0 Å². The predicted octanol–water partition coefficient (Wildman–Crippen LogP) is 4.82. The maximum absolute atomic E-state index is 12.2. The fraction of sp³-hybridized carbons (Fsp3) is 0.214. The zero-order valence-corrected chi connectivity index (χ0v) is 19.7. The minimum absolute atomic E-state index is 0.223. The first-order valence-corrected chi connectivity index (χ1v) is 11.3. The monoisotopic (exact) mass is 473 g/mol. The number of aryl methyl sites for hydroxylation is 1. The van der Waals surface area contributed by atoms with E-state index in [9.17, 15) is 4.79 Å². The van der Waals surface area contributed by atoms with Crippen LogP contribution in [0.15, 0.2) is 83.5 Å². The summed E-state index contributed by atoms with van der Waals surface area (Å²) in [6, 6.07) is 22.6. The third-order valence-electron chi connectivity index (χ3n) is 5.20. The summed E-state index contributed by atoms with van der Waals surface area (Å²) < 4.78 is 27.9. The minimum atomic E-state index is -0.494. The van der Waals surface area contributed by atoms with Crippen LogP contribution >= 0.6 is 0 Å². The molecule has 0 saturated heterocycles. The lowest BCUT2D eigenvalue weighted by Gasteiger charge is -2.12. The summed E-state index contributed by atoms with van der Waals surface area (Å²) in [7, 11) is 1.56. The van der Waals surface area contributed by atoms with E-state index in [1.165, 1.54) is 0 Å². The van der Waals surface area contributed by atoms with E-state index in [2.05, 4.69) is 4.99 Å². The molecule has 0 spiro atoms. The quantitative estimate of drug-likeness (QED) is 0.226. The van der Waals surface area contributed by atoms with Crippen molar-refractivity contribution in [3.63, 3.8) is 0 Å². The molecule has 1 aliphatic rings. The van der Waals surface area contributed by atoms with Gasteiger partial charge < -0.3 is 23.7 Å². The molecule has 3 aromatic rings. The van der Waals surface area contributed by atoms with Gasteiger partial charge in [-0.15, -0.1) is 0 Å². The van der Waals surface area contributed by atoms with Gasteiger partial charge in [0.2, 0.25) is 5.90 Å². The number of cyclic esters (lactones) is 1. The highest BCUT2D eigenvalue weighted by atomic mass is 16.6. The van der Waals surface area contributed by atoms with Gasteiger partial charge in [-0.1, -0.05) is 42.5 Å². The zero-order chi connectivity index (χ0) is 24.5. The number of methoxy groups -OCH3 is 1. The SMILES string of the molecule is COc1cc(C=C2N=C(c3ccccc3)OC2=O)ccc1OCCOCCOc1ccccc1C. The third-order valence-corrected chi connectivity index (χ3v) is 5.20. The number of carbonyl (C=O) groups is 1. The number of aliphatic imine (C=N–C) groups is 1. The van der Waals surface area contributed by atoms with Crippen LogP contribution in [-0.4, -0.2) is 45.4 Å². The van der Waals surface area contributed by atoms with Crippen LogP contribution in [0.25, 0.3) is 6.08 Å². The van der Waals surface area contributed by atoms with Gasteiger partial charge in [-0.2, -0.15) is 0 Å². The summed E-state index contributed by atoms with van der Waals surface area (Å²) in [5.41, 5.74) is 2.80. The second kappa shape index (κ2) is 11.9. The summed E-state index contributed by atoms with van der Waals surface area (Å²) in [5.74, 6) is 1.78. The van der Waals surface area contributed by atoms with E-state index >= 15 is 0 Å². The van der Waals surface area contributed by atoms with Gasteiger partial charge in [-0.25, -0.2) is 9.79 Å². The Balaban J connectivity index is 1.28. The molecule has 3 aromatic carbocycles. The lowest BCUT2D eigenvalue weighted by atomic mass is 10.1. The molecule has 0 amide bonds. The fourth-order valence-electron chi connectivity index (χ4n) is 3.41. The van der Waals surface area contributed by atoms with E-state index in [1.54, 1.807) is 25.3 Å². The van der Waals surface area contributed by atoms with Crippen molar-refractivity contribution >= 4 is 17.9 Å². The average Bonchev–Trinajstić information content (AvgIpc) is 3.25. The van der Waals surface area contributed by atoms with Gasteiger partial charge in [0, 0.05) is 5.56 Å². The Morgan fingerprint density at radius 3 is 2.29 bits per heavy atom. The molecule has 0 fully saturated rings. The van der Waals surface area contributed by atoms with Gasteiger partial charge in [-0.05, 0) is 54.5 Å². The molecule has 1 aliphatic heterocycles. The molecule has 7 nitrogen and oxygen atoms in total. The van der Waals surface area contributed by atoms with Gasteiger partial charge in [0.15, 0.2) is 17.2 Å². The molecule has 0 radical (unpaired) electrons. The van der Waals surface area contributed by atoms with E-state index in [0.717, 1.165) is 22.4 Å². The normalized spacial score (nSPS) is 13.9. The maximum Gasteiger partial charge on any atom is 0.363 e. The third kappa shape index (κ3) is 6.49. The van der Waals surface area contributed by atoms with Crippen LogP contribution in [0, 0.1) is 6.92 Å². The van der Waals surface area contributed by atoms with Gasteiger partial charge in [0.1, 0.15) is 19.0 Å². The first kappa shape index (κ1) is 24.0. The van der Waals surface area contributed by atoms with Gasteiger partial charge >= 0.3 is 5.97 Å². The number of ether oxygens (including phenoxy) is 5. The topological polar surface area (TPSA) is 75.6 Å². The van der Waals surface area contributed by atoms with Crippen molar-refractivity contribution in [2.45, 2.75) is 6.92 Å². The Kier molecular flexibility index (Phi) is 8.14. The first-order chi connectivity index (χ1) is 17.1. The molecule has 0 atom stereocenters. The number of rotatable bonds is 11. The molecule has 4 rings (SSSR count). The Labute approximate surface area is 204 Å². The van der Waals surface area contributed by atoms with Crippen molar-refractivity contribution in [2.24, 2.45) is 4.99 Å². The molecule has 0 aromatic heterocycles. The van der Waals surface area contributed by atoms with Crippen molar-refractivity contribution < 1.29 is 28.5 Å². The van der Waals surface area contributed by atoms with Gasteiger partial charge in [0.25, 0.3) is 0 Å². The number of esters is 1. The Morgan fingerprint density at radius 1 is 0.829 bits per heavy atom. The van der Waals surface area contributed by atoms with Crippen LogP contribution in [0.5, 0.6) is 17.2 Å². The highest BCUT2D eigenvalue weighted by molar-refractivity contribution is 6.12. The van der Waals surface area contributed by atoms with E-state index in [1.807, 2.05) is 67.6 Å². The Hall–Kier alpha value is -4.10. The van der Waals surface area contributed by atoms with Crippen molar-refractivity contribution in [3.8, 4) is 17.2 Å². The first-order valence-electron chi connectivity index (χ1n) is 11.3. The average molecular weight is 474 g/mol. The molecule has 0 aliphatic carbocycles. The van der Waals surface area contributed by atoms with Crippen molar-refractivity contribution in [3.05, 3.63) is 95.2 Å². The lowest BCUT2D eigenvalue weighted by Crippen LogP contribution is -2.12. The molecular formula is C28H27NO6. The Morgan fingerprint density at radius 2 is 1.54 bits per heavy atom. The lowest BCUT2D eigenvalue weighted by molar-refractivity contribution is -0.129. The Bertz CT molecular complexity index is 1220. The molecular weight excluding hydrogens is 446 g/mol. The van der Waals surface area contributed by atoms with Gasteiger partial charge in [0.05, 0.1) is 20.3 Å². The molecule has 7 heteroatoms. The summed E-state index contributed by atoms with van der Waals surface area (Å²) >= 11 is 0. The smallest absolute Gasteiger partial charge is 0.363 e. The molecule has 1 heterocycles. The van der Waals surface area contributed by atoms with E-state index < -0.39 is 5.97 Å². The van der Waals surface area contributed by atoms with E-state index in [4.69, 9.17) is 23.7 Å². The number of carbonyl (C=O) groups excluding carboxylic acids is 1. The molecule has 180 valence electrons.